The Balaban J connectivity index is 2.08. The lowest BCUT2D eigenvalue weighted by Gasteiger charge is -2.34. The smallest absolute Gasteiger partial charge is 0.317 e. The fourth-order valence-corrected chi connectivity index (χ4v) is 3.96. The predicted molar refractivity (Wildman–Crippen MR) is 86.8 cm³/mol. The van der Waals surface area contributed by atoms with Crippen LogP contribution in [-0.2, 0) is 10.0 Å². The van der Waals surface area contributed by atoms with Gasteiger partial charge in [-0.3, -0.25) is 0 Å². The van der Waals surface area contributed by atoms with E-state index >= 15 is 0 Å². The number of urea groups is 1. The van der Waals surface area contributed by atoms with Gasteiger partial charge in [0.2, 0.25) is 10.0 Å². The Morgan fingerprint density at radius 1 is 1.35 bits per heavy atom. The van der Waals surface area contributed by atoms with Crippen LogP contribution in [0.5, 0.6) is 5.75 Å². The molecule has 126 valence electrons. The fraction of sp³-hybridized carbons (Fsp3) is 0.400. The summed E-state index contributed by atoms with van der Waals surface area (Å²) in [6.07, 6.45) is 1.58. The number of rotatable bonds is 4. The highest BCUT2D eigenvalue weighted by atomic mass is 32.2. The summed E-state index contributed by atoms with van der Waals surface area (Å²) in [7, 11) is -3.77. The molecule has 1 fully saturated rings. The van der Waals surface area contributed by atoms with E-state index in [1.807, 2.05) is 0 Å². The largest absolute Gasteiger partial charge is 0.507 e. The minimum Gasteiger partial charge on any atom is -0.507 e. The van der Waals surface area contributed by atoms with E-state index in [1.54, 1.807) is 24.0 Å². The van der Waals surface area contributed by atoms with Crippen LogP contribution in [0.2, 0.25) is 0 Å². The summed E-state index contributed by atoms with van der Waals surface area (Å²) in [5.41, 5.74) is 0.754. The second-order valence-electron chi connectivity index (χ2n) is 5.34. The predicted octanol–water partition coefficient (Wildman–Crippen LogP) is 0.903. The van der Waals surface area contributed by atoms with Gasteiger partial charge in [-0.05, 0) is 24.6 Å². The van der Waals surface area contributed by atoms with E-state index in [4.69, 9.17) is 0 Å². The van der Waals surface area contributed by atoms with E-state index in [1.165, 1.54) is 16.4 Å². The van der Waals surface area contributed by atoms with Crippen LogP contribution in [-0.4, -0.2) is 61.5 Å². The van der Waals surface area contributed by atoms with Crippen molar-refractivity contribution < 1.29 is 18.3 Å². The maximum Gasteiger partial charge on any atom is 0.317 e. The van der Waals surface area contributed by atoms with Gasteiger partial charge < -0.3 is 15.3 Å². The van der Waals surface area contributed by atoms with Gasteiger partial charge in [0.05, 0.1) is 0 Å². The number of piperazine rings is 1. The molecule has 2 N–H and O–H groups in total. The number of nitrogens with zero attached hydrogens (tertiary/aromatic N) is 2. The first-order valence-corrected chi connectivity index (χ1v) is 8.73. The van der Waals surface area contributed by atoms with Crippen LogP contribution in [0, 0.1) is 6.92 Å². The van der Waals surface area contributed by atoms with Gasteiger partial charge in [-0.2, -0.15) is 4.31 Å². The first-order chi connectivity index (χ1) is 10.9. The Hall–Kier alpha value is -2.06. The quantitative estimate of drug-likeness (QED) is 0.798. The van der Waals surface area contributed by atoms with Crippen molar-refractivity contribution in [3.8, 4) is 5.75 Å². The van der Waals surface area contributed by atoms with Crippen molar-refractivity contribution in [3.05, 3.63) is 36.4 Å². The maximum absolute atomic E-state index is 12.6. The molecule has 0 unspecified atom stereocenters. The van der Waals surface area contributed by atoms with Gasteiger partial charge >= 0.3 is 6.03 Å². The molecule has 7 nitrogen and oxygen atoms in total. The van der Waals surface area contributed by atoms with Crippen LogP contribution >= 0.6 is 0 Å². The van der Waals surface area contributed by atoms with Crippen molar-refractivity contribution >= 4 is 16.1 Å². The highest BCUT2D eigenvalue weighted by Gasteiger charge is 2.31. The number of aromatic hydroxyl groups is 1. The average Bonchev–Trinajstić information content (AvgIpc) is 2.54. The number of phenols is 1. The van der Waals surface area contributed by atoms with Crippen LogP contribution in [0.3, 0.4) is 0 Å². The number of hydrogen-bond donors (Lipinski definition) is 2. The Morgan fingerprint density at radius 3 is 2.61 bits per heavy atom. The molecule has 0 aromatic heterocycles. The van der Waals surface area contributed by atoms with E-state index in [0.717, 1.165) is 5.56 Å². The van der Waals surface area contributed by atoms with Crippen LogP contribution in [0.25, 0.3) is 0 Å². The van der Waals surface area contributed by atoms with Crippen molar-refractivity contribution in [1.82, 2.24) is 14.5 Å². The Kier molecular flexibility index (Phi) is 5.27. The average molecular weight is 339 g/mol. The third kappa shape index (κ3) is 3.83. The normalized spacial score (nSPS) is 16.1. The van der Waals surface area contributed by atoms with Crippen molar-refractivity contribution in [2.24, 2.45) is 0 Å². The van der Waals surface area contributed by atoms with Crippen LogP contribution in [0.1, 0.15) is 5.56 Å². The molecule has 2 rings (SSSR count). The molecule has 8 heteroatoms. The molecule has 0 bridgehead atoms. The number of nitrogens with one attached hydrogen (secondary N) is 1. The van der Waals surface area contributed by atoms with Crippen molar-refractivity contribution in [2.45, 2.75) is 11.8 Å². The van der Waals surface area contributed by atoms with Gasteiger partial charge in [-0.15, -0.1) is 6.58 Å². The monoisotopic (exact) mass is 339 g/mol. The van der Waals surface area contributed by atoms with Gasteiger partial charge in [-0.1, -0.05) is 12.1 Å². The van der Waals surface area contributed by atoms with Crippen LogP contribution < -0.4 is 5.32 Å². The molecule has 1 aromatic rings. The highest BCUT2D eigenvalue weighted by Crippen LogP contribution is 2.27. The summed E-state index contributed by atoms with van der Waals surface area (Å²) >= 11 is 0. The molecule has 0 radical (unpaired) electrons. The first kappa shape index (κ1) is 17.3. The summed E-state index contributed by atoms with van der Waals surface area (Å²) < 4.78 is 26.6. The lowest BCUT2D eigenvalue weighted by atomic mass is 10.2. The van der Waals surface area contributed by atoms with Gasteiger partial charge in [0, 0.05) is 32.7 Å². The summed E-state index contributed by atoms with van der Waals surface area (Å²) in [5.74, 6) is -0.262. The van der Waals surface area contributed by atoms with Gasteiger partial charge in [0.15, 0.2) is 0 Å². The molecular formula is C15H21N3O4S. The second kappa shape index (κ2) is 7.01. The van der Waals surface area contributed by atoms with Crippen molar-refractivity contribution in [3.63, 3.8) is 0 Å². The molecule has 1 saturated heterocycles. The number of aryl methyl sites for hydroxylation is 1. The van der Waals surface area contributed by atoms with E-state index in [0.29, 0.717) is 19.6 Å². The van der Waals surface area contributed by atoms with Crippen molar-refractivity contribution in [1.29, 1.82) is 0 Å². The number of phenolic OH excluding ortho intramolecular Hbond substituents is 1. The lowest BCUT2D eigenvalue weighted by molar-refractivity contribution is 0.173. The molecule has 1 aliphatic heterocycles. The minimum atomic E-state index is -3.77. The maximum atomic E-state index is 12.6. The third-order valence-electron chi connectivity index (χ3n) is 3.66. The zero-order valence-electron chi connectivity index (χ0n) is 13.0. The van der Waals surface area contributed by atoms with Crippen LogP contribution in [0.15, 0.2) is 35.7 Å². The minimum absolute atomic E-state index is 0.0953. The zero-order chi connectivity index (χ0) is 17.0. The fourth-order valence-electron chi connectivity index (χ4n) is 2.37. The summed E-state index contributed by atoms with van der Waals surface area (Å²) in [5, 5.41) is 12.5. The molecule has 1 aliphatic rings. The molecule has 0 saturated carbocycles. The molecule has 0 aliphatic carbocycles. The molecule has 1 aromatic carbocycles. The molecular weight excluding hydrogens is 318 g/mol. The van der Waals surface area contributed by atoms with Crippen molar-refractivity contribution in [2.75, 3.05) is 32.7 Å². The molecule has 1 heterocycles. The second-order valence-corrected chi connectivity index (χ2v) is 7.24. The highest BCUT2D eigenvalue weighted by molar-refractivity contribution is 7.89. The van der Waals surface area contributed by atoms with E-state index in [9.17, 15) is 18.3 Å². The number of carbonyl (C=O) groups is 1. The lowest BCUT2D eigenvalue weighted by Crippen LogP contribution is -2.53. The van der Waals surface area contributed by atoms with E-state index < -0.39 is 10.0 Å². The number of benzene rings is 1. The SMILES string of the molecule is C=CCNC(=O)N1CCN(S(=O)(=O)c2cc(C)ccc2O)CC1. The van der Waals surface area contributed by atoms with Crippen LogP contribution in [0.4, 0.5) is 4.79 Å². The van der Waals surface area contributed by atoms with E-state index in [2.05, 4.69) is 11.9 Å². The van der Waals surface area contributed by atoms with E-state index in [-0.39, 0.29) is 29.8 Å². The molecule has 0 atom stereocenters. The topological polar surface area (TPSA) is 90.0 Å². The zero-order valence-corrected chi connectivity index (χ0v) is 13.8. The number of amides is 2. The Morgan fingerprint density at radius 2 is 2.00 bits per heavy atom. The number of carbonyl (C=O) groups excluding carboxylic acids is 1. The summed E-state index contributed by atoms with van der Waals surface area (Å²) in [6.45, 7) is 6.64. The summed E-state index contributed by atoms with van der Waals surface area (Å²) in [4.78, 5) is 13.3. The van der Waals surface area contributed by atoms with Gasteiger partial charge in [0.25, 0.3) is 0 Å². The summed E-state index contributed by atoms with van der Waals surface area (Å²) in [6, 6.07) is 4.24. The Bertz CT molecular complexity index is 695. The van der Waals surface area contributed by atoms with Gasteiger partial charge in [-0.25, -0.2) is 13.2 Å². The first-order valence-electron chi connectivity index (χ1n) is 7.29. The molecule has 0 spiro atoms. The standard InChI is InChI=1S/C15H21N3O4S/c1-3-6-16-15(20)17-7-9-18(10-8-17)23(21,22)14-11-12(2)4-5-13(14)19/h3-5,11,19H,1,6-10H2,2H3,(H,16,20). The Labute approximate surface area is 136 Å². The number of hydrogen-bond acceptors (Lipinski definition) is 4. The third-order valence-corrected chi connectivity index (χ3v) is 5.58. The van der Waals surface area contributed by atoms with Gasteiger partial charge in [0.1, 0.15) is 10.6 Å². The molecule has 2 amide bonds. The molecule has 23 heavy (non-hydrogen) atoms. The number of sulfonamides is 1.